The van der Waals surface area contributed by atoms with Crippen LogP contribution in [0.2, 0.25) is 0 Å². The topological polar surface area (TPSA) is 73.6 Å². The van der Waals surface area contributed by atoms with Crippen LogP contribution in [0.15, 0.2) is 12.7 Å². The highest BCUT2D eigenvalue weighted by Crippen LogP contribution is 1.86. The van der Waals surface area contributed by atoms with Crippen molar-refractivity contribution in [2.75, 3.05) is 39.5 Å². The Hall–Kier alpha value is -0.910. The third-order valence-corrected chi connectivity index (χ3v) is 1.77. The van der Waals surface area contributed by atoms with E-state index in [1.54, 1.807) is 0 Å². The number of nitrogens with two attached hydrogens (primary N) is 1. The molecule has 0 aromatic rings. The summed E-state index contributed by atoms with van der Waals surface area (Å²) < 4.78 is 10.2. The van der Waals surface area contributed by atoms with Crippen molar-refractivity contribution in [3.8, 4) is 0 Å². The van der Waals surface area contributed by atoms with E-state index in [4.69, 9.17) is 15.2 Å². The molecule has 5 heteroatoms. The number of nitrogens with one attached hydrogen (secondary N) is 1. The van der Waals surface area contributed by atoms with E-state index in [0.29, 0.717) is 32.9 Å². The molecule has 16 heavy (non-hydrogen) atoms. The van der Waals surface area contributed by atoms with Gasteiger partial charge in [-0.15, -0.1) is 6.58 Å². The van der Waals surface area contributed by atoms with Crippen LogP contribution in [-0.4, -0.2) is 45.4 Å². The average molecular weight is 230 g/mol. The van der Waals surface area contributed by atoms with Crippen molar-refractivity contribution < 1.29 is 14.3 Å². The van der Waals surface area contributed by atoms with Crippen LogP contribution >= 0.6 is 0 Å². The predicted molar refractivity (Wildman–Crippen MR) is 63.1 cm³/mol. The molecule has 0 saturated carbocycles. The molecule has 0 atom stereocenters. The lowest BCUT2D eigenvalue weighted by molar-refractivity contribution is -0.126. The quantitative estimate of drug-likeness (QED) is 0.389. The van der Waals surface area contributed by atoms with E-state index in [-0.39, 0.29) is 12.5 Å². The first-order valence-electron chi connectivity index (χ1n) is 5.54. The lowest BCUT2D eigenvalue weighted by Crippen LogP contribution is -2.29. The predicted octanol–water partition coefficient (Wildman–Crippen LogP) is 0.0607. The number of unbranched alkanes of at least 4 members (excludes halogenated alkanes) is 1. The fourth-order valence-corrected chi connectivity index (χ4v) is 0.993. The second-order valence-electron chi connectivity index (χ2n) is 3.23. The van der Waals surface area contributed by atoms with Gasteiger partial charge in [0, 0.05) is 13.1 Å². The molecular formula is C11H22N2O3. The fourth-order valence-electron chi connectivity index (χ4n) is 0.993. The van der Waals surface area contributed by atoms with Crippen LogP contribution in [0.3, 0.4) is 0 Å². The molecule has 0 aliphatic heterocycles. The fraction of sp³-hybridized carbons (Fsp3) is 0.727. The Balaban J connectivity index is 3.14. The molecule has 0 spiro atoms. The van der Waals surface area contributed by atoms with E-state index in [2.05, 4.69) is 11.9 Å². The minimum atomic E-state index is -0.0945. The molecule has 0 radical (unpaired) electrons. The third kappa shape index (κ3) is 11.2. The number of carbonyl (C=O) groups is 1. The van der Waals surface area contributed by atoms with Gasteiger partial charge in [-0.1, -0.05) is 6.08 Å². The molecule has 0 aromatic carbocycles. The Morgan fingerprint density at radius 2 is 2.06 bits per heavy atom. The first-order chi connectivity index (χ1) is 7.81. The van der Waals surface area contributed by atoms with Crippen LogP contribution in [0.4, 0.5) is 0 Å². The van der Waals surface area contributed by atoms with E-state index in [9.17, 15) is 4.79 Å². The molecule has 0 aliphatic rings. The standard InChI is InChI=1S/C11H22N2O3/c1-2-3-4-6-13-11(14)10-16-9-8-15-7-5-12/h2H,1,3-10,12H2,(H,13,14). The zero-order valence-electron chi connectivity index (χ0n) is 9.74. The lowest BCUT2D eigenvalue weighted by Gasteiger charge is -2.06. The van der Waals surface area contributed by atoms with Gasteiger partial charge in [-0.25, -0.2) is 0 Å². The molecule has 0 aliphatic carbocycles. The number of ether oxygens (including phenoxy) is 2. The van der Waals surface area contributed by atoms with Crippen molar-refractivity contribution in [3.05, 3.63) is 12.7 Å². The maximum Gasteiger partial charge on any atom is 0.245 e. The first kappa shape index (κ1) is 15.1. The highest BCUT2D eigenvalue weighted by atomic mass is 16.5. The van der Waals surface area contributed by atoms with Gasteiger partial charge in [-0.2, -0.15) is 0 Å². The van der Waals surface area contributed by atoms with Crippen LogP contribution in [0.5, 0.6) is 0 Å². The molecule has 94 valence electrons. The summed E-state index contributed by atoms with van der Waals surface area (Å²) in [7, 11) is 0. The highest BCUT2D eigenvalue weighted by Gasteiger charge is 1.99. The first-order valence-corrected chi connectivity index (χ1v) is 5.54. The molecule has 0 bridgehead atoms. The highest BCUT2D eigenvalue weighted by molar-refractivity contribution is 5.77. The second-order valence-corrected chi connectivity index (χ2v) is 3.23. The largest absolute Gasteiger partial charge is 0.378 e. The van der Waals surface area contributed by atoms with Gasteiger partial charge in [0.05, 0.1) is 19.8 Å². The van der Waals surface area contributed by atoms with Crippen LogP contribution in [0.25, 0.3) is 0 Å². The maximum atomic E-state index is 11.2. The van der Waals surface area contributed by atoms with Gasteiger partial charge >= 0.3 is 0 Å². The molecule has 0 fully saturated rings. The lowest BCUT2D eigenvalue weighted by atomic mass is 10.3. The van der Waals surface area contributed by atoms with Crippen molar-refractivity contribution >= 4 is 5.91 Å². The van der Waals surface area contributed by atoms with E-state index in [1.807, 2.05) is 6.08 Å². The van der Waals surface area contributed by atoms with Crippen molar-refractivity contribution in [1.29, 1.82) is 0 Å². The summed E-state index contributed by atoms with van der Waals surface area (Å²) in [5.41, 5.74) is 5.23. The molecule has 3 N–H and O–H groups in total. The minimum absolute atomic E-state index is 0.0834. The second kappa shape index (κ2) is 12.2. The summed E-state index contributed by atoms with van der Waals surface area (Å²) in [6, 6.07) is 0. The molecular weight excluding hydrogens is 208 g/mol. The van der Waals surface area contributed by atoms with Gasteiger partial charge in [0.25, 0.3) is 0 Å². The summed E-state index contributed by atoms with van der Waals surface area (Å²) in [6.45, 7) is 6.27. The van der Waals surface area contributed by atoms with Crippen LogP contribution < -0.4 is 11.1 Å². The summed E-state index contributed by atoms with van der Waals surface area (Å²) in [4.78, 5) is 11.2. The van der Waals surface area contributed by atoms with Crippen molar-refractivity contribution in [2.24, 2.45) is 5.73 Å². The Morgan fingerprint density at radius 1 is 1.31 bits per heavy atom. The van der Waals surface area contributed by atoms with Crippen molar-refractivity contribution in [2.45, 2.75) is 12.8 Å². The average Bonchev–Trinajstić information content (AvgIpc) is 2.29. The van der Waals surface area contributed by atoms with Crippen molar-refractivity contribution in [3.63, 3.8) is 0 Å². The van der Waals surface area contributed by atoms with Gasteiger partial charge in [-0.3, -0.25) is 4.79 Å². The van der Waals surface area contributed by atoms with Crippen molar-refractivity contribution in [1.82, 2.24) is 5.32 Å². The number of hydrogen-bond donors (Lipinski definition) is 2. The van der Waals surface area contributed by atoms with Crippen LogP contribution in [0.1, 0.15) is 12.8 Å². The SMILES string of the molecule is C=CCCCNC(=O)COCCOCCN. The van der Waals surface area contributed by atoms with Crippen LogP contribution in [0, 0.1) is 0 Å². The zero-order chi connectivity index (χ0) is 12.1. The molecule has 5 nitrogen and oxygen atoms in total. The zero-order valence-corrected chi connectivity index (χ0v) is 9.74. The van der Waals surface area contributed by atoms with Gasteiger partial charge < -0.3 is 20.5 Å². The van der Waals surface area contributed by atoms with Gasteiger partial charge in [0.1, 0.15) is 6.61 Å². The van der Waals surface area contributed by atoms with E-state index in [0.717, 1.165) is 12.8 Å². The molecule has 0 saturated heterocycles. The van der Waals surface area contributed by atoms with E-state index >= 15 is 0 Å². The summed E-state index contributed by atoms with van der Waals surface area (Å²) in [5, 5.41) is 2.75. The van der Waals surface area contributed by atoms with E-state index in [1.165, 1.54) is 0 Å². The Kier molecular flexibility index (Phi) is 11.5. The van der Waals surface area contributed by atoms with Crippen LogP contribution in [-0.2, 0) is 14.3 Å². The monoisotopic (exact) mass is 230 g/mol. The summed E-state index contributed by atoms with van der Waals surface area (Å²) >= 11 is 0. The Labute approximate surface area is 97.0 Å². The third-order valence-electron chi connectivity index (χ3n) is 1.77. The Bertz CT molecular complexity index is 186. The summed E-state index contributed by atoms with van der Waals surface area (Å²) in [6.07, 6.45) is 3.65. The number of carbonyl (C=O) groups excluding carboxylic acids is 1. The Morgan fingerprint density at radius 3 is 2.75 bits per heavy atom. The van der Waals surface area contributed by atoms with Gasteiger partial charge in [0.15, 0.2) is 0 Å². The molecule has 0 aromatic heterocycles. The smallest absolute Gasteiger partial charge is 0.245 e. The molecule has 0 rings (SSSR count). The molecule has 0 unspecified atom stereocenters. The summed E-state index contributed by atoms with van der Waals surface area (Å²) in [5.74, 6) is -0.0945. The minimum Gasteiger partial charge on any atom is -0.378 e. The number of rotatable bonds is 11. The number of hydrogen-bond acceptors (Lipinski definition) is 4. The number of amides is 1. The molecule has 1 amide bonds. The van der Waals surface area contributed by atoms with E-state index < -0.39 is 0 Å². The molecule has 0 heterocycles. The van der Waals surface area contributed by atoms with Gasteiger partial charge in [0.2, 0.25) is 5.91 Å². The number of allylic oxidation sites excluding steroid dienone is 1. The van der Waals surface area contributed by atoms with Gasteiger partial charge in [-0.05, 0) is 12.8 Å². The normalized spacial score (nSPS) is 10.1. The maximum absolute atomic E-state index is 11.2.